The van der Waals surface area contributed by atoms with Crippen LogP contribution in [0.4, 0.5) is 19.0 Å². The van der Waals surface area contributed by atoms with Crippen LogP contribution in [-0.4, -0.2) is 39.1 Å². The minimum Gasteiger partial charge on any atom is -0.481 e. The van der Waals surface area contributed by atoms with E-state index >= 15 is 0 Å². The van der Waals surface area contributed by atoms with Gasteiger partial charge in [-0.15, -0.1) is 0 Å². The summed E-state index contributed by atoms with van der Waals surface area (Å²) in [6.45, 7) is 5.16. The van der Waals surface area contributed by atoms with E-state index in [2.05, 4.69) is 19.9 Å². The highest BCUT2D eigenvalue weighted by molar-refractivity contribution is 5.73. The lowest BCUT2D eigenvalue weighted by molar-refractivity contribution is -0.147. The highest BCUT2D eigenvalue weighted by Crippen LogP contribution is 2.32. The van der Waals surface area contributed by atoms with Crippen LogP contribution in [0.5, 0.6) is 0 Å². The number of aromatic amines is 1. The highest BCUT2D eigenvalue weighted by Gasteiger charge is 2.33. The number of piperidine rings is 1. The van der Waals surface area contributed by atoms with Gasteiger partial charge in [-0.1, -0.05) is 0 Å². The van der Waals surface area contributed by atoms with Crippen molar-refractivity contribution in [3.8, 4) is 11.4 Å². The van der Waals surface area contributed by atoms with Gasteiger partial charge in [0.25, 0.3) is 0 Å². The first-order chi connectivity index (χ1) is 13.6. The predicted octanol–water partition coefficient (Wildman–Crippen LogP) is 4.60. The van der Waals surface area contributed by atoms with E-state index in [1.54, 1.807) is 26.0 Å². The van der Waals surface area contributed by atoms with Crippen molar-refractivity contribution in [3.63, 3.8) is 0 Å². The standard InChI is InChI=1S/C20H25F3N4O2/c1-19(2,18(28)29)8-5-13-6-9-27(10-7-13)16-4-3-14(11-24-16)17-25-12-15(26-17)20(21,22)23/h3-4,11-13H,5-10H2,1-2H3,(H,25,26)(H,28,29). The number of anilines is 1. The number of H-pyrrole nitrogens is 1. The van der Waals surface area contributed by atoms with Crippen molar-refractivity contribution in [1.82, 2.24) is 15.0 Å². The summed E-state index contributed by atoms with van der Waals surface area (Å²) < 4.78 is 38.1. The molecule has 0 aromatic carbocycles. The number of rotatable bonds is 6. The molecule has 0 spiro atoms. The summed E-state index contributed by atoms with van der Waals surface area (Å²) in [5, 5.41) is 9.23. The van der Waals surface area contributed by atoms with Crippen LogP contribution in [0.1, 0.15) is 45.2 Å². The van der Waals surface area contributed by atoms with Gasteiger partial charge in [-0.3, -0.25) is 4.79 Å². The Morgan fingerprint density at radius 2 is 1.90 bits per heavy atom. The van der Waals surface area contributed by atoms with Gasteiger partial charge < -0.3 is 15.0 Å². The van der Waals surface area contributed by atoms with E-state index in [1.165, 1.54) is 6.20 Å². The van der Waals surface area contributed by atoms with Gasteiger partial charge in [-0.05, 0) is 57.6 Å². The molecular formula is C20H25F3N4O2. The Morgan fingerprint density at radius 3 is 2.41 bits per heavy atom. The summed E-state index contributed by atoms with van der Waals surface area (Å²) in [7, 11) is 0. The Hall–Kier alpha value is -2.58. The first kappa shape index (κ1) is 21.1. The van der Waals surface area contributed by atoms with E-state index in [9.17, 15) is 23.1 Å². The van der Waals surface area contributed by atoms with E-state index in [1.807, 2.05) is 0 Å². The maximum Gasteiger partial charge on any atom is 0.432 e. The third-order valence-electron chi connectivity index (χ3n) is 5.60. The topological polar surface area (TPSA) is 82.1 Å². The molecule has 0 bridgehead atoms. The zero-order valence-electron chi connectivity index (χ0n) is 16.5. The maximum atomic E-state index is 12.7. The molecule has 1 aliphatic heterocycles. The average molecular weight is 410 g/mol. The molecule has 0 saturated carbocycles. The van der Waals surface area contributed by atoms with Crippen LogP contribution in [-0.2, 0) is 11.0 Å². The summed E-state index contributed by atoms with van der Waals surface area (Å²) in [6.07, 6.45) is 1.32. The zero-order valence-corrected chi connectivity index (χ0v) is 16.5. The maximum absolute atomic E-state index is 12.7. The normalized spacial score (nSPS) is 16.2. The molecule has 2 aromatic heterocycles. The molecule has 2 aromatic rings. The smallest absolute Gasteiger partial charge is 0.432 e. The number of pyridine rings is 1. The summed E-state index contributed by atoms with van der Waals surface area (Å²) in [5.41, 5.74) is -1.09. The molecule has 0 atom stereocenters. The summed E-state index contributed by atoms with van der Waals surface area (Å²) >= 11 is 0. The van der Waals surface area contributed by atoms with Crippen molar-refractivity contribution >= 4 is 11.8 Å². The zero-order chi connectivity index (χ0) is 21.2. The van der Waals surface area contributed by atoms with E-state index < -0.39 is 23.3 Å². The van der Waals surface area contributed by atoms with Gasteiger partial charge in [0.15, 0.2) is 0 Å². The second-order valence-electron chi connectivity index (χ2n) is 8.21. The van der Waals surface area contributed by atoms with Crippen LogP contribution in [0.25, 0.3) is 11.4 Å². The molecule has 0 amide bonds. The van der Waals surface area contributed by atoms with Gasteiger partial charge in [0, 0.05) is 24.8 Å². The summed E-state index contributed by atoms with van der Waals surface area (Å²) in [4.78, 5) is 23.8. The van der Waals surface area contributed by atoms with Crippen molar-refractivity contribution in [2.75, 3.05) is 18.0 Å². The number of carboxylic acid groups (broad SMARTS) is 1. The monoisotopic (exact) mass is 410 g/mol. The molecular weight excluding hydrogens is 385 g/mol. The van der Waals surface area contributed by atoms with E-state index in [0.717, 1.165) is 44.4 Å². The summed E-state index contributed by atoms with van der Waals surface area (Å²) in [5.74, 6) is 0.642. The molecule has 0 unspecified atom stereocenters. The van der Waals surface area contributed by atoms with Gasteiger partial charge in [0.1, 0.15) is 17.3 Å². The predicted molar refractivity (Wildman–Crippen MR) is 102 cm³/mol. The largest absolute Gasteiger partial charge is 0.481 e. The molecule has 6 nitrogen and oxygen atoms in total. The number of carbonyl (C=O) groups is 1. The fourth-order valence-electron chi connectivity index (χ4n) is 3.45. The van der Waals surface area contributed by atoms with Gasteiger partial charge in [0.2, 0.25) is 0 Å². The number of carboxylic acids is 1. The van der Waals surface area contributed by atoms with Crippen molar-refractivity contribution in [2.45, 2.75) is 45.7 Å². The average Bonchev–Trinajstić information content (AvgIpc) is 3.18. The molecule has 9 heteroatoms. The summed E-state index contributed by atoms with van der Waals surface area (Å²) in [6, 6.07) is 3.50. The van der Waals surface area contributed by atoms with Crippen molar-refractivity contribution in [1.29, 1.82) is 0 Å². The van der Waals surface area contributed by atoms with Crippen LogP contribution in [0, 0.1) is 11.3 Å². The molecule has 158 valence electrons. The van der Waals surface area contributed by atoms with E-state index in [4.69, 9.17) is 0 Å². The lowest BCUT2D eigenvalue weighted by atomic mass is 9.82. The number of nitrogens with zero attached hydrogens (tertiary/aromatic N) is 3. The van der Waals surface area contributed by atoms with Crippen LogP contribution in [0.2, 0.25) is 0 Å². The van der Waals surface area contributed by atoms with Crippen molar-refractivity contribution in [3.05, 3.63) is 30.2 Å². The Morgan fingerprint density at radius 1 is 1.21 bits per heavy atom. The first-order valence-corrected chi connectivity index (χ1v) is 9.63. The lowest BCUT2D eigenvalue weighted by Crippen LogP contribution is -2.35. The number of aliphatic carboxylic acids is 1. The van der Waals surface area contributed by atoms with Gasteiger partial charge in [-0.2, -0.15) is 13.2 Å². The van der Waals surface area contributed by atoms with Gasteiger partial charge >= 0.3 is 12.1 Å². The molecule has 1 aliphatic rings. The SMILES string of the molecule is CC(C)(CCC1CCN(c2ccc(-c3ncc(C(F)(F)F)[nH]3)cn2)CC1)C(=O)O. The molecule has 1 fully saturated rings. The second-order valence-corrected chi connectivity index (χ2v) is 8.21. The Balaban J connectivity index is 1.55. The molecule has 29 heavy (non-hydrogen) atoms. The fraction of sp³-hybridized carbons (Fsp3) is 0.550. The molecule has 3 rings (SSSR count). The molecule has 1 saturated heterocycles. The number of hydrogen-bond donors (Lipinski definition) is 2. The number of imidazole rings is 1. The second kappa shape index (κ2) is 8.04. The lowest BCUT2D eigenvalue weighted by Gasteiger charge is -2.34. The Labute approximate surface area is 167 Å². The van der Waals surface area contributed by atoms with Crippen LogP contribution >= 0.6 is 0 Å². The van der Waals surface area contributed by atoms with Crippen LogP contribution in [0.15, 0.2) is 24.5 Å². The fourth-order valence-corrected chi connectivity index (χ4v) is 3.45. The Bertz CT molecular complexity index is 838. The first-order valence-electron chi connectivity index (χ1n) is 9.63. The quantitative estimate of drug-likeness (QED) is 0.727. The molecule has 3 heterocycles. The highest BCUT2D eigenvalue weighted by atomic mass is 19.4. The Kier molecular flexibility index (Phi) is 5.86. The minimum absolute atomic E-state index is 0.135. The minimum atomic E-state index is -4.46. The molecule has 2 N–H and O–H groups in total. The number of halogens is 3. The van der Waals surface area contributed by atoms with Crippen molar-refractivity contribution in [2.24, 2.45) is 11.3 Å². The van der Waals surface area contributed by atoms with Crippen molar-refractivity contribution < 1.29 is 23.1 Å². The van der Waals surface area contributed by atoms with Gasteiger partial charge in [0.05, 0.1) is 11.6 Å². The number of nitrogens with one attached hydrogen (secondary N) is 1. The van der Waals surface area contributed by atoms with Gasteiger partial charge in [-0.25, -0.2) is 9.97 Å². The molecule has 0 aliphatic carbocycles. The van der Waals surface area contributed by atoms with E-state index in [-0.39, 0.29) is 5.82 Å². The number of aromatic nitrogens is 3. The molecule has 0 radical (unpaired) electrons. The third-order valence-corrected chi connectivity index (χ3v) is 5.60. The number of alkyl halides is 3. The van der Waals surface area contributed by atoms with E-state index in [0.29, 0.717) is 17.9 Å². The van der Waals surface area contributed by atoms with Crippen LogP contribution < -0.4 is 4.90 Å². The number of hydrogen-bond acceptors (Lipinski definition) is 4. The van der Waals surface area contributed by atoms with Crippen LogP contribution in [0.3, 0.4) is 0 Å². The third kappa shape index (κ3) is 5.07.